The van der Waals surface area contributed by atoms with Crippen LogP contribution in [0.2, 0.25) is 0 Å². The molecule has 0 aromatic carbocycles. The third kappa shape index (κ3) is 9.39. The molecule has 0 radical (unpaired) electrons. The number of hydrogen-bond donors (Lipinski definition) is 1. The van der Waals surface area contributed by atoms with Gasteiger partial charge in [-0.1, -0.05) is 19.1 Å². The Kier molecular flexibility index (Phi) is 13.0. The molecule has 0 aliphatic rings. The van der Waals surface area contributed by atoms with E-state index >= 15 is 0 Å². The van der Waals surface area contributed by atoms with Crippen molar-refractivity contribution in [1.29, 1.82) is 0 Å². The zero-order valence-corrected chi connectivity index (χ0v) is 19.6. The predicted octanol–water partition coefficient (Wildman–Crippen LogP) is 2.87. The van der Waals surface area contributed by atoms with Gasteiger partial charge in [0.2, 0.25) is 0 Å². The molecule has 2 aromatic rings. The number of nitrogens with one attached hydrogen (secondary N) is 1. The lowest BCUT2D eigenvalue weighted by Gasteiger charge is -2.02. The molecule has 0 saturated heterocycles. The number of carbonyl (C=O) groups excluding carboxylic acids is 1. The van der Waals surface area contributed by atoms with Crippen molar-refractivity contribution in [2.75, 3.05) is 28.2 Å². The van der Waals surface area contributed by atoms with Crippen molar-refractivity contribution in [1.82, 2.24) is 19.8 Å². The first-order valence-electron chi connectivity index (χ1n) is 9.89. The summed E-state index contributed by atoms with van der Waals surface area (Å²) in [5.74, 6) is 0. The van der Waals surface area contributed by atoms with Gasteiger partial charge < -0.3 is 19.6 Å². The van der Waals surface area contributed by atoms with Crippen LogP contribution in [-0.4, -0.2) is 48.9 Å². The van der Waals surface area contributed by atoms with Gasteiger partial charge in [-0.05, 0) is 66.0 Å². The number of aromatic nitrogens is 2. The van der Waals surface area contributed by atoms with Gasteiger partial charge in [-0.2, -0.15) is 0 Å². The molecule has 0 aliphatic heterocycles. The van der Waals surface area contributed by atoms with Crippen LogP contribution in [0.1, 0.15) is 32.8 Å². The summed E-state index contributed by atoms with van der Waals surface area (Å²) in [6, 6.07) is 2.18. The highest BCUT2D eigenvalue weighted by atomic mass is 16.1. The number of hydrogen-bond acceptors (Lipinski definition) is 4. The smallest absolute Gasteiger partial charge is 0.116 e. The van der Waals surface area contributed by atoms with Crippen LogP contribution in [0.15, 0.2) is 36.4 Å². The number of rotatable bonds is 4. The number of carbonyl (C=O) groups is 1. The zero-order chi connectivity index (χ0) is 22.4. The van der Waals surface area contributed by atoms with Crippen LogP contribution in [0.5, 0.6) is 0 Å². The molecule has 0 aliphatic carbocycles. The van der Waals surface area contributed by atoms with Crippen molar-refractivity contribution in [3.05, 3.63) is 52.6 Å². The highest BCUT2D eigenvalue weighted by Gasteiger charge is 2.06. The maximum Gasteiger partial charge on any atom is 0.116 e. The highest BCUT2D eigenvalue weighted by Crippen LogP contribution is 2.14. The standard InChI is InChI=1S/C19H25N3.C3H9N.C2H4O/c1-6-8-16(20-4)10-17-18(13-22(5)19(17)7-2)15-9-14(3)11-21-12-15;1-4(2)3;1-2-3/h7-13,20H,6H2,1-5H3;1-3H3;2H,1H3/b16-8-,17-10-,19-7+;;. The van der Waals surface area contributed by atoms with Gasteiger partial charge in [0.1, 0.15) is 6.29 Å². The summed E-state index contributed by atoms with van der Waals surface area (Å²) in [6.45, 7) is 7.74. The normalized spacial score (nSPS) is 12.1. The van der Waals surface area contributed by atoms with Crippen LogP contribution in [0, 0.1) is 6.92 Å². The number of allylic oxidation sites excluding steroid dienone is 2. The molecule has 0 amide bonds. The van der Waals surface area contributed by atoms with E-state index in [4.69, 9.17) is 4.79 Å². The van der Waals surface area contributed by atoms with E-state index in [0.717, 1.165) is 24.0 Å². The number of nitrogens with zero attached hydrogens (tertiary/aromatic N) is 3. The van der Waals surface area contributed by atoms with Crippen molar-refractivity contribution in [3.63, 3.8) is 0 Å². The molecule has 29 heavy (non-hydrogen) atoms. The summed E-state index contributed by atoms with van der Waals surface area (Å²) in [4.78, 5) is 15.1. The van der Waals surface area contributed by atoms with E-state index in [2.05, 4.69) is 73.2 Å². The molecule has 2 rings (SSSR count). The van der Waals surface area contributed by atoms with Gasteiger partial charge in [0, 0.05) is 60.1 Å². The van der Waals surface area contributed by atoms with Gasteiger partial charge >= 0.3 is 0 Å². The molecule has 2 aromatic heterocycles. The summed E-state index contributed by atoms with van der Waals surface area (Å²) < 4.78 is 2.17. The Bertz CT molecular complexity index is 889. The lowest BCUT2D eigenvalue weighted by molar-refractivity contribution is -0.106. The largest absolute Gasteiger partial charge is 0.388 e. The fourth-order valence-corrected chi connectivity index (χ4v) is 2.71. The second-order valence-electron chi connectivity index (χ2n) is 7.03. The van der Waals surface area contributed by atoms with E-state index in [1.165, 1.54) is 28.6 Å². The Balaban J connectivity index is 0.000000975. The molecule has 0 atom stereocenters. The molecule has 0 saturated carbocycles. The van der Waals surface area contributed by atoms with Crippen LogP contribution in [0.4, 0.5) is 0 Å². The van der Waals surface area contributed by atoms with Crippen LogP contribution >= 0.6 is 0 Å². The van der Waals surface area contributed by atoms with Gasteiger partial charge in [-0.3, -0.25) is 4.98 Å². The second-order valence-corrected chi connectivity index (χ2v) is 7.03. The van der Waals surface area contributed by atoms with E-state index in [9.17, 15) is 0 Å². The summed E-state index contributed by atoms with van der Waals surface area (Å²) in [5, 5.41) is 5.71. The minimum Gasteiger partial charge on any atom is -0.388 e. The minimum atomic E-state index is 0.750. The average molecular weight is 399 g/mol. The molecule has 0 unspecified atom stereocenters. The first-order chi connectivity index (χ1) is 13.7. The van der Waals surface area contributed by atoms with Crippen molar-refractivity contribution >= 4 is 18.4 Å². The van der Waals surface area contributed by atoms with Crippen molar-refractivity contribution in [2.24, 2.45) is 7.05 Å². The quantitative estimate of drug-likeness (QED) is 0.805. The van der Waals surface area contributed by atoms with Crippen LogP contribution in [-0.2, 0) is 11.8 Å². The van der Waals surface area contributed by atoms with Crippen molar-refractivity contribution in [2.45, 2.75) is 34.1 Å². The zero-order valence-electron chi connectivity index (χ0n) is 19.6. The minimum absolute atomic E-state index is 0.750. The van der Waals surface area contributed by atoms with Crippen molar-refractivity contribution < 1.29 is 4.79 Å². The van der Waals surface area contributed by atoms with Gasteiger partial charge in [-0.25, -0.2) is 0 Å². The van der Waals surface area contributed by atoms with E-state index in [0.29, 0.717) is 0 Å². The maximum absolute atomic E-state index is 8.81. The molecular formula is C24H38N4O. The molecule has 5 heteroatoms. The summed E-state index contributed by atoms with van der Waals surface area (Å²) in [6.07, 6.45) is 14.3. The Morgan fingerprint density at radius 1 is 1.24 bits per heavy atom. The molecule has 0 bridgehead atoms. The second kappa shape index (κ2) is 14.4. The topological polar surface area (TPSA) is 50.2 Å². The molecule has 1 N–H and O–H groups in total. The van der Waals surface area contributed by atoms with Crippen LogP contribution in [0.3, 0.4) is 0 Å². The number of pyridine rings is 1. The predicted molar refractivity (Wildman–Crippen MR) is 126 cm³/mol. The Morgan fingerprint density at radius 2 is 1.83 bits per heavy atom. The SMILES string of the molecule is CC=O.CN(C)C.C\C=c1/c(=C\C(=C\CC)NC)c(-c2cncc(C)c2)cn1C. The van der Waals surface area contributed by atoms with Crippen LogP contribution < -0.4 is 15.9 Å². The molecule has 0 spiro atoms. The summed E-state index contributed by atoms with van der Waals surface area (Å²) >= 11 is 0. The number of aldehydes is 1. The van der Waals surface area contributed by atoms with E-state index in [1.54, 1.807) is 0 Å². The Labute approximate surface area is 176 Å². The van der Waals surface area contributed by atoms with Crippen LogP contribution in [0.25, 0.3) is 23.3 Å². The Hall–Kier alpha value is -2.66. The molecule has 160 valence electrons. The van der Waals surface area contributed by atoms with E-state index in [1.807, 2.05) is 45.5 Å². The van der Waals surface area contributed by atoms with Crippen molar-refractivity contribution in [3.8, 4) is 11.1 Å². The first kappa shape index (κ1) is 26.3. The maximum atomic E-state index is 8.81. The first-order valence-corrected chi connectivity index (χ1v) is 9.89. The molecule has 5 nitrogen and oxygen atoms in total. The molecule has 2 heterocycles. The third-order valence-corrected chi connectivity index (χ3v) is 3.74. The summed E-state index contributed by atoms with van der Waals surface area (Å²) in [5.41, 5.74) is 4.68. The fourth-order valence-electron chi connectivity index (χ4n) is 2.71. The number of aryl methyl sites for hydroxylation is 2. The lowest BCUT2D eigenvalue weighted by Crippen LogP contribution is -2.29. The van der Waals surface area contributed by atoms with Gasteiger partial charge in [0.15, 0.2) is 0 Å². The molecule has 0 fully saturated rings. The monoisotopic (exact) mass is 398 g/mol. The van der Waals surface area contributed by atoms with E-state index in [-0.39, 0.29) is 0 Å². The fraction of sp³-hybridized carbons (Fsp3) is 0.417. The van der Waals surface area contributed by atoms with Gasteiger partial charge in [0.05, 0.1) is 0 Å². The summed E-state index contributed by atoms with van der Waals surface area (Å²) in [7, 11) is 10.0. The van der Waals surface area contributed by atoms with E-state index < -0.39 is 0 Å². The van der Waals surface area contributed by atoms with Gasteiger partial charge in [0.25, 0.3) is 0 Å². The third-order valence-electron chi connectivity index (χ3n) is 3.74. The highest BCUT2D eigenvalue weighted by molar-refractivity contribution is 5.67. The average Bonchev–Trinajstić information content (AvgIpc) is 2.96. The van der Waals surface area contributed by atoms with Gasteiger partial charge in [-0.15, -0.1) is 0 Å². The lowest BCUT2D eigenvalue weighted by atomic mass is 10.1. The molecular weight excluding hydrogens is 360 g/mol. The Morgan fingerprint density at radius 3 is 2.28 bits per heavy atom.